The molecule has 5 nitrogen and oxygen atoms in total. The van der Waals surface area contributed by atoms with Gasteiger partial charge in [0.25, 0.3) is 5.91 Å². The summed E-state index contributed by atoms with van der Waals surface area (Å²) in [5.41, 5.74) is 7.71. The fourth-order valence-electron chi connectivity index (χ4n) is 4.37. The molecule has 4 rings (SSSR count). The lowest BCUT2D eigenvalue weighted by atomic mass is 10.0. The lowest BCUT2D eigenvalue weighted by Crippen LogP contribution is -2.39. The van der Waals surface area contributed by atoms with Crippen LogP contribution in [0.4, 0.5) is 0 Å². The Morgan fingerprint density at radius 2 is 1.76 bits per heavy atom. The molecule has 1 aromatic heterocycles. The third-order valence-electron chi connectivity index (χ3n) is 6.47. The van der Waals surface area contributed by atoms with E-state index in [-0.39, 0.29) is 18.6 Å². The van der Waals surface area contributed by atoms with Crippen molar-refractivity contribution >= 4 is 16.8 Å². The Labute approximate surface area is 218 Å². The van der Waals surface area contributed by atoms with Crippen molar-refractivity contribution in [2.24, 2.45) is 0 Å². The average Bonchev–Trinajstić information content (AvgIpc) is 3.28. The van der Waals surface area contributed by atoms with Crippen LogP contribution < -0.4 is 10.1 Å². The highest BCUT2D eigenvalue weighted by Crippen LogP contribution is 2.23. The Morgan fingerprint density at radius 1 is 1.00 bits per heavy atom. The number of carbonyl (C=O) groups is 1. The largest absolute Gasteiger partial charge is 0.490 e. The smallest absolute Gasteiger partial charge is 0.255 e. The molecule has 1 unspecified atom stereocenters. The van der Waals surface area contributed by atoms with E-state index in [4.69, 9.17) is 4.74 Å². The molecule has 0 spiro atoms. The summed E-state index contributed by atoms with van der Waals surface area (Å²) in [7, 11) is 0. The van der Waals surface area contributed by atoms with Gasteiger partial charge in [0.2, 0.25) is 0 Å². The lowest BCUT2D eigenvalue weighted by Gasteiger charge is -2.19. The summed E-state index contributed by atoms with van der Waals surface area (Å²) in [6, 6.07) is 17.2. The number of aliphatic hydroxyl groups excluding tert-OH is 1. The highest BCUT2D eigenvalue weighted by Gasteiger charge is 2.19. The Hall–Kier alpha value is -4.01. The van der Waals surface area contributed by atoms with E-state index in [1.54, 1.807) is 12.1 Å². The van der Waals surface area contributed by atoms with Crippen molar-refractivity contribution in [3.05, 3.63) is 99.7 Å². The van der Waals surface area contributed by atoms with Gasteiger partial charge in [-0.1, -0.05) is 36.1 Å². The molecule has 3 N–H and O–H groups in total. The monoisotopic (exact) mass is 494 g/mol. The predicted molar refractivity (Wildman–Crippen MR) is 149 cm³/mol. The Kier molecular flexibility index (Phi) is 8.01. The number of aromatic amines is 1. The summed E-state index contributed by atoms with van der Waals surface area (Å²) in [6.45, 7) is 9.88. The van der Waals surface area contributed by atoms with Crippen molar-refractivity contribution in [1.29, 1.82) is 0 Å². The molecule has 37 heavy (non-hydrogen) atoms. The first-order valence-corrected chi connectivity index (χ1v) is 12.6. The first-order valence-electron chi connectivity index (χ1n) is 12.6. The Balaban J connectivity index is 1.60. The van der Waals surface area contributed by atoms with Gasteiger partial charge in [-0.25, -0.2) is 0 Å². The highest BCUT2D eigenvalue weighted by molar-refractivity contribution is 5.97. The number of ether oxygens (including phenoxy) is 1. The van der Waals surface area contributed by atoms with Crippen molar-refractivity contribution in [3.63, 3.8) is 0 Å². The zero-order valence-corrected chi connectivity index (χ0v) is 22.1. The first-order chi connectivity index (χ1) is 17.7. The zero-order chi connectivity index (χ0) is 26.5. The van der Waals surface area contributed by atoms with Crippen molar-refractivity contribution in [2.75, 3.05) is 6.61 Å². The third-order valence-corrected chi connectivity index (χ3v) is 6.47. The van der Waals surface area contributed by atoms with E-state index < -0.39 is 6.04 Å². The van der Waals surface area contributed by atoms with E-state index in [0.717, 1.165) is 33.2 Å². The molecule has 5 heteroatoms. The molecule has 190 valence electrons. The lowest BCUT2D eigenvalue weighted by molar-refractivity contribution is 0.0910. The van der Waals surface area contributed by atoms with Crippen LogP contribution in [0, 0.1) is 32.6 Å². The third kappa shape index (κ3) is 6.22. The summed E-state index contributed by atoms with van der Waals surface area (Å²) >= 11 is 0. The molecule has 1 heterocycles. The van der Waals surface area contributed by atoms with Crippen LogP contribution in [-0.2, 0) is 6.42 Å². The van der Waals surface area contributed by atoms with Gasteiger partial charge in [-0.2, -0.15) is 0 Å². The first kappa shape index (κ1) is 26.1. The topological polar surface area (TPSA) is 74.3 Å². The van der Waals surface area contributed by atoms with E-state index in [1.807, 2.05) is 50.4 Å². The van der Waals surface area contributed by atoms with Gasteiger partial charge < -0.3 is 20.1 Å². The maximum Gasteiger partial charge on any atom is 0.255 e. The van der Waals surface area contributed by atoms with E-state index in [1.165, 1.54) is 11.1 Å². The van der Waals surface area contributed by atoms with Crippen LogP contribution in [0.5, 0.6) is 5.75 Å². The molecule has 4 aromatic rings. The standard InChI is InChI=1S/C32H34N2O3/c1-20(2)37-31-13-11-24(10-12-25-15-22(4)21(3)14-23(25)5)16-29(31)32(36)34-27(19-35)17-26-18-33-30-9-7-6-8-28(26)30/h6-9,11,13-16,18,20,27,33,35H,17,19H2,1-5H3,(H,34,36). The number of benzene rings is 3. The Morgan fingerprint density at radius 3 is 2.51 bits per heavy atom. The molecule has 0 bridgehead atoms. The number of aryl methyl sites for hydroxylation is 3. The molecular weight excluding hydrogens is 460 g/mol. The summed E-state index contributed by atoms with van der Waals surface area (Å²) in [5.74, 6) is 6.65. The van der Waals surface area contributed by atoms with Gasteiger partial charge in [-0.05, 0) is 93.6 Å². The van der Waals surface area contributed by atoms with Gasteiger partial charge in [-0.3, -0.25) is 4.79 Å². The molecule has 0 radical (unpaired) electrons. The number of aromatic nitrogens is 1. The molecule has 1 atom stereocenters. The number of H-pyrrole nitrogens is 1. The quantitative estimate of drug-likeness (QED) is 0.292. The maximum atomic E-state index is 13.4. The number of hydrogen-bond acceptors (Lipinski definition) is 3. The van der Waals surface area contributed by atoms with Crippen LogP contribution in [0.1, 0.15) is 57.6 Å². The normalized spacial score (nSPS) is 11.8. The Bertz CT molecular complexity index is 1490. The number of hydrogen-bond donors (Lipinski definition) is 3. The van der Waals surface area contributed by atoms with Gasteiger partial charge >= 0.3 is 0 Å². The molecule has 0 saturated heterocycles. The maximum absolute atomic E-state index is 13.4. The number of fused-ring (bicyclic) bond motifs is 1. The number of nitrogens with one attached hydrogen (secondary N) is 2. The highest BCUT2D eigenvalue weighted by atomic mass is 16.5. The molecule has 1 amide bonds. The number of amides is 1. The van der Waals surface area contributed by atoms with Crippen LogP contribution in [0.15, 0.2) is 60.8 Å². The van der Waals surface area contributed by atoms with Crippen molar-refractivity contribution < 1.29 is 14.6 Å². The molecule has 0 saturated carbocycles. The van der Waals surface area contributed by atoms with Crippen LogP contribution >= 0.6 is 0 Å². The van der Waals surface area contributed by atoms with Gasteiger partial charge in [0, 0.05) is 28.2 Å². The summed E-state index contributed by atoms with van der Waals surface area (Å²) in [5, 5.41) is 14.1. The molecule has 3 aromatic carbocycles. The second kappa shape index (κ2) is 11.4. The summed E-state index contributed by atoms with van der Waals surface area (Å²) in [4.78, 5) is 16.7. The molecular formula is C32H34N2O3. The molecule has 0 aliphatic rings. The van der Waals surface area contributed by atoms with E-state index >= 15 is 0 Å². The summed E-state index contributed by atoms with van der Waals surface area (Å²) in [6.07, 6.45) is 2.33. The minimum atomic E-state index is -0.452. The number of carbonyl (C=O) groups excluding carboxylic acids is 1. The second-order valence-electron chi connectivity index (χ2n) is 9.80. The number of aliphatic hydroxyl groups is 1. The zero-order valence-electron chi connectivity index (χ0n) is 22.1. The number of para-hydroxylation sites is 1. The molecule has 0 aliphatic heterocycles. The minimum absolute atomic E-state index is 0.0958. The van der Waals surface area contributed by atoms with Crippen molar-refractivity contribution in [1.82, 2.24) is 10.3 Å². The van der Waals surface area contributed by atoms with Crippen molar-refractivity contribution in [2.45, 2.75) is 53.2 Å². The summed E-state index contributed by atoms with van der Waals surface area (Å²) < 4.78 is 5.93. The van der Waals surface area contributed by atoms with Gasteiger partial charge in [0.05, 0.1) is 24.3 Å². The minimum Gasteiger partial charge on any atom is -0.490 e. The second-order valence-corrected chi connectivity index (χ2v) is 9.80. The molecule has 0 fully saturated rings. The van der Waals surface area contributed by atoms with E-state index in [9.17, 15) is 9.90 Å². The van der Waals surface area contributed by atoms with E-state index in [0.29, 0.717) is 17.7 Å². The van der Waals surface area contributed by atoms with Crippen LogP contribution in [0.25, 0.3) is 10.9 Å². The number of rotatable bonds is 7. The van der Waals surface area contributed by atoms with Gasteiger partial charge in [0.15, 0.2) is 0 Å². The SMILES string of the molecule is Cc1cc(C)c(C#Cc2ccc(OC(C)C)c(C(=O)NC(CO)Cc3c[nH]c4ccccc34)c2)cc1C. The fourth-order valence-corrected chi connectivity index (χ4v) is 4.37. The van der Waals surface area contributed by atoms with Crippen LogP contribution in [0.2, 0.25) is 0 Å². The van der Waals surface area contributed by atoms with E-state index in [2.05, 4.69) is 55.0 Å². The molecule has 0 aliphatic carbocycles. The van der Waals surface area contributed by atoms with Gasteiger partial charge in [0.1, 0.15) is 5.75 Å². The van der Waals surface area contributed by atoms with Crippen LogP contribution in [-0.4, -0.2) is 34.8 Å². The average molecular weight is 495 g/mol. The predicted octanol–water partition coefficient (Wildman–Crippen LogP) is 5.61. The van der Waals surface area contributed by atoms with Gasteiger partial charge in [-0.15, -0.1) is 0 Å². The van der Waals surface area contributed by atoms with Crippen LogP contribution in [0.3, 0.4) is 0 Å². The fraction of sp³-hybridized carbons (Fsp3) is 0.281. The van der Waals surface area contributed by atoms with Crippen molar-refractivity contribution in [3.8, 4) is 17.6 Å².